The summed E-state index contributed by atoms with van der Waals surface area (Å²) in [7, 11) is 0. The lowest BCUT2D eigenvalue weighted by atomic mass is 10.0. The topological polar surface area (TPSA) is 66.2 Å². The molecule has 0 spiro atoms. The van der Waals surface area contributed by atoms with E-state index in [1.54, 1.807) is 31.2 Å². The Labute approximate surface area is 122 Å². The van der Waals surface area contributed by atoms with Gasteiger partial charge in [0.1, 0.15) is 5.75 Å². The number of nitrogens with zero attached hydrogens (tertiary/aromatic N) is 2. The van der Waals surface area contributed by atoms with Crippen LogP contribution in [0.2, 0.25) is 0 Å². The Bertz CT molecular complexity index is 821. The molecule has 0 aliphatic heterocycles. The van der Waals surface area contributed by atoms with Crippen molar-refractivity contribution in [3.05, 3.63) is 59.4 Å². The molecule has 4 nitrogen and oxygen atoms in total. The van der Waals surface area contributed by atoms with E-state index in [9.17, 15) is 10.2 Å². The van der Waals surface area contributed by atoms with Gasteiger partial charge in [-0.3, -0.25) is 0 Å². The fraction of sp³-hybridized carbons (Fsp3) is 0.0588. The zero-order chi connectivity index (χ0) is 14.8. The molecule has 0 aliphatic carbocycles. The minimum absolute atomic E-state index is 0.208. The van der Waals surface area contributed by atoms with Gasteiger partial charge in [0.05, 0.1) is 5.69 Å². The zero-order valence-corrected chi connectivity index (χ0v) is 11.5. The number of aryl methyl sites for hydroxylation is 1. The van der Waals surface area contributed by atoms with Gasteiger partial charge < -0.3 is 10.2 Å². The summed E-state index contributed by atoms with van der Waals surface area (Å²) in [6, 6.07) is 12.9. The highest BCUT2D eigenvalue weighted by atomic mass is 16.3. The van der Waals surface area contributed by atoms with Gasteiger partial charge in [-0.05, 0) is 42.0 Å². The lowest BCUT2D eigenvalue weighted by Crippen LogP contribution is -1.88. The molecule has 3 aromatic rings. The molecule has 4 heteroatoms. The number of hydrogen-bond acceptors (Lipinski definition) is 4. The summed E-state index contributed by atoms with van der Waals surface area (Å²) < 4.78 is 0. The molecule has 2 N–H and O–H groups in total. The van der Waals surface area contributed by atoms with E-state index < -0.39 is 0 Å². The van der Waals surface area contributed by atoms with Crippen LogP contribution < -0.4 is 0 Å². The largest absolute Gasteiger partial charge is 0.507 e. The fourth-order valence-electron chi connectivity index (χ4n) is 2.29. The number of hydrogen-bond donors (Lipinski definition) is 2. The standard InChI is InChI=1S/C17H14N2O2/c1-11-10-13(19-17(21)18-11)7-8-15-14-5-3-2-4-12(14)6-9-16(15)20/h2-10,20H,1H3,(H,18,19,21). The average molecular weight is 278 g/mol. The molecule has 0 atom stereocenters. The van der Waals surface area contributed by atoms with E-state index in [1.165, 1.54) is 0 Å². The van der Waals surface area contributed by atoms with Gasteiger partial charge in [-0.25, -0.2) is 4.98 Å². The van der Waals surface area contributed by atoms with Crippen LogP contribution in [0.5, 0.6) is 11.8 Å². The van der Waals surface area contributed by atoms with Crippen molar-refractivity contribution >= 4 is 22.9 Å². The number of aromatic nitrogens is 2. The van der Waals surface area contributed by atoms with Crippen molar-refractivity contribution in [1.29, 1.82) is 0 Å². The summed E-state index contributed by atoms with van der Waals surface area (Å²) in [6.45, 7) is 1.79. The lowest BCUT2D eigenvalue weighted by Gasteiger charge is -2.05. The van der Waals surface area contributed by atoms with Gasteiger partial charge in [0.15, 0.2) is 0 Å². The van der Waals surface area contributed by atoms with Crippen LogP contribution in [0.25, 0.3) is 22.9 Å². The summed E-state index contributed by atoms with van der Waals surface area (Å²) in [5.74, 6) is 0.208. The number of phenolic OH excluding ortho intramolecular Hbond substituents is 1. The van der Waals surface area contributed by atoms with Crippen molar-refractivity contribution in [1.82, 2.24) is 9.97 Å². The molecule has 0 unspecified atom stereocenters. The average Bonchev–Trinajstić information content (AvgIpc) is 2.45. The predicted octanol–water partition coefficient (Wildman–Crippen LogP) is 3.52. The zero-order valence-electron chi connectivity index (χ0n) is 11.5. The molecule has 21 heavy (non-hydrogen) atoms. The lowest BCUT2D eigenvalue weighted by molar-refractivity contribution is 0.428. The van der Waals surface area contributed by atoms with Gasteiger partial charge in [-0.15, -0.1) is 0 Å². The van der Waals surface area contributed by atoms with Crippen molar-refractivity contribution in [2.75, 3.05) is 0 Å². The van der Waals surface area contributed by atoms with Gasteiger partial charge in [-0.1, -0.05) is 30.3 Å². The first-order valence-electron chi connectivity index (χ1n) is 6.57. The van der Waals surface area contributed by atoms with Crippen LogP contribution >= 0.6 is 0 Å². The van der Waals surface area contributed by atoms with Crippen LogP contribution in [0.1, 0.15) is 17.0 Å². The van der Waals surface area contributed by atoms with Crippen LogP contribution in [0.4, 0.5) is 0 Å². The third-order valence-electron chi connectivity index (χ3n) is 3.23. The van der Waals surface area contributed by atoms with E-state index in [0.717, 1.165) is 16.3 Å². The van der Waals surface area contributed by atoms with E-state index in [2.05, 4.69) is 9.97 Å². The number of fused-ring (bicyclic) bond motifs is 1. The summed E-state index contributed by atoms with van der Waals surface area (Å²) in [5.41, 5.74) is 2.00. The quantitative estimate of drug-likeness (QED) is 0.752. The molecule has 0 aliphatic rings. The minimum Gasteiger partial charge on any atom is -0.507 e. The maximum Gasteiger partial charge on any atom is 0.314 e. The van der Waals surface area contributed by atoms with Crippen LogP contribution in [0.3, 0.4) is 0 Å². The van der Waals surface area contributed by atoms with Crippen LogP contribution in [0.15, 0.2) is 42.5 Å². The number of aromatic hydroxyl groups is 2. The maximum absolute atomic E-state index is 10.1. The first kappa shape index (κ1) is 13.1. The van der Waals surface area contributed by atoms with Crippen LogP contribution in [-0.4, -0.2) is 20.2 Å². The van der Waals surface area contributed by atoms with Crippen molar-refractivity contribution < 1.29 is 10.2 Å². The summed E-state index contributed by atoms with van der Waals surface area (Å²) in [4.78, 5) is 7.75. The first-order chi connectivity index (χ1) is 10.1. The van der Waals surface area contributed by atoms with E-state index in [0.29, 0.717) is 11.4 Å². The van der Waals surface area contributed by atoms with Gasteiger partial charge in [-0.2, -0.15) is 4.98 Å². The molecule has 1 aromatic heterocycles. The highest BCUT2D eigenvalue weighted by Gasteiger charge is 2.04. The van der Waals surface area contributed by atoms with E-state index in [-0.39, 0.29) is 11.8 Å². The molecule has 0 fully saturated rings. The highest BCUT2D eigenvalue weighted by Crippen LogP contribution is 2.28. The number of phenols is 1. The second kappa shape index (κ2) is 5.25. The van der Waals surface area contributed by atoms with Crippen LogP contribution in [0, 0.1) is 6.92 Å². The van der Waals surface area contributed by atoms with Crippen molar-refractivity contribution in [2.45, 2.75) is 6.92 Å². The molecule has 2 aromatic carbocycles. The third kappa shape index (κ3) is 2.69. The van der Waals surface area contributed by atoms with Crippen molar-refractivity contribution in [2.24, 2.45) is 0 Å². The molecule has 104 valence electrons. The second-order valence-electron chi connectivity index (χ2n) is 4.79. The highest BCUT2D eigenvalue weighted by molar-refractivity contribution is 5.95. The van der Waals surface area contributed by atoms with Gasteiger partial charge >= 0.3 is 6.01 Å². The molecule has 0 amide bonds. The molecule has 0 bridgehead atoms. The van der Waals surface area contributed by atoms with Gasteiger partial charge in [0.2, 0.25) is 0 Å². The third-order valence-corrected chi connectivity index (χ3v) is 3.23. The summed E-state index contributed by atoms with van der Waals surface area (Å²) in [5, 5.41) is 21.5. The SMILES string of the molecule is Cc1cc(C=Cc2c(O)ccc3ccccc23)nc(O)n1. The van der Waals surface area contributed by atoms with Crippen molar-refractivity contribution in [3.8, 4) is 11.8 Å². The molecule has 3 rings (SSSR count). The van der Waals surface area contributed by atoms with E-state index >= 15 is 0 Å². The Kier molecular flexibility index (Phi) is 3.28. The molecule has 1 heterocycles. The maximum atomic E-state index is 10.1. The number of benzene rings is 2. The van der Waals surface area contributed by atoms with E-state index in [4.69, 9.17) is 0 Å². The summed E-state index contributed by atoms with van der Waals surface area (Å²) in [6.07, 6.45) is 3.54. The Morgan fingerprint density at radius 1 is 0.952 bits per heavy atom. The van der Waals surface area contributed by atoms with Gasteiger partial charge in [0, 0.05) is 11.3 Å². The second-order valence-corrected chi connectivity index (χ2v) is 4.79. The molecule has 0 saturated heterocycles. The normalized spacial score (nSPS) is 11.3. The monoisotopic (exact) mass is 278 g/mol. The minimum atomic E-state index is -0.253. The number of rotatable bonds is 2. The smallest absolute Gasteiger partial charge is 0.314 e. The Balaban J connectivity index is 2.08. The van der Waals surface area contributed by atoms with Gasteiger partial charge in [0.25, 0.3) is 0 Å². The Hall–Kier alpha value is -2.88. The van der Waals surface area contributed by atoms with E-state index in [1.807, 2.05) is 30.3 Å². The van der Waals surface area contributed by atoms with Crippen LogP contribution in [-0.2, 0) is 0 Å². The molecular formula is C17H14N2O2. The molecule has 0 radical (unpaired) electrons. The Morgan fingerprint density at radius 3 is 2.57 bits per heavy atom. The predicted molar refractivity (Wildman–Crippen MR) is 83.0 cm³/mol. The summed E-state index contributed by atoms with van der Waals surface area (Å²) >= 11 is 0. The first-order valence-corrected chi connectivity index (χ1v) is 6.57. The van der Waals surface area contributed by atoms with Crippen molar-refractivity contribution in [3.63, 3.8) is 0 Å². The molecular weight excluding hydrogens is 264 g/mol. The Morgan fingerprint density at radius 2 is 1.76 bits per heavy atom. The molecule has 0 saturated carbocycles. The fourth-order valence-corrected chi connectivity index (χ4v) is 2.29.